The van der Waals surface area contributed by atoms with Gasteiger partial charge in [0.05, 0.1) is 24.6 Å². The van der Waals surface area contributed by atoms with Crippen LogP contribution in [0.25, 0.3) is 11.2 Å². The molecule has 2 aliphatic rings. The lowest BCUT2D eigenvalue weighted by molar-refractivity contribution is -0.199. The Bertz CT molecular complexity index is 903. The van der Waals surface area contributed by atoms with Crippen LogP contribution in [0.5, 0.6) is 0 Å². The van der Waals surface area contributed by atoms with Crippen molar-refractivity contribution in [1.29, 1.82) is 0 Å². The van der Waals surface area contributed by atoms with Crippen molar-refractivity contribution in [3.63, 3.8) is 0 Å². The van der Waals surface area contributed by atoms with E-state index in [9.17, 15) is 9.90 Å². The Morgan fingerprint density at radius 1 is 1.43 bits per heavy atom. The Balaban J connectivity index is 1.70. The first-order chi connectivity index (χ1) is 13.3. The molecule has 10 nitrogen and oxygen atoms in total. The summed E-state index contributed by atoms with van der Waals surface area (Å²) in [6, 6.07) is 1.49. The summed E-state index contributed by atoms with van der Waals surface area (Å²) in [6.45, 7) is 5.33. The molecule has 0 radical (unpaired) electrons. The molecule has 2 aromatic rings. The lowest BCUT2D eigenvalue weighted by Gasteiger charge is -2.24. The zero-order valence-electron chi connectivity index (χ0n) is 15.6. The predicted octanol–water partition coefficient (Wildman–Crippen LogP) is 2.06. The Labute approximate surface area is 165 Å². The van der Waals surface area contributed by atoms with Gasteiger partial charge in [0.1, 0.15) is 29.6 Å². The first kappa shape index (κ1) is 19.3. The highest BCUT2D eigenvalue weighted by atomic mass is 35.5. The van der Waals surface area contributed by atoms with E-state index >= 15 is 0 Å². The molecule has 2 aliphatic heterocycles. The Morgan fingerprint density at radius 2 is 2.18 bits per heavy atom. The van der Waals surface area contributed by atoms with Crippen LogP contribution in [0.1, 0.15) is 27.0 Å². The number of nitrogens with zero attached hydrogens (tertiary/aromatic N) is 3. The fourth-order valence-corrected chi connectivity index (χ4v) is 3.76. The van der Waals surface area contributed by atoms with E-state index in [4.69, 9.17) is 30.5 Å². The lowest BCUT2D eigenvalue weighted by atomic mass is 10.1. The Kier molecular flexibility index (Phi) is 4.92. The molecule has 1 amide bonds. The minimum absolute atomic E-state index is 0.215. The molecule has 4 heterocycles. The molecule has 4 rings (SSSR count). The fourth-order valence-electron chi connectivity index (χ4n) is 3.52. The second-order valence-corrected chi connectivity index (χ2v) is 7.38. The largest absolute Gasteiger partial charge is 0.450 e. The van der Waals surface area contributed by atoms with E-state index in [1.807, 2.05) is 0 Å². The number of imidazole rings is 1. The smallest absolute Gasteiger partial charge is 0.412 e. The van der Waals surface area contributed by atoms with Crippen LogP contribution in [0.2, 0.25) is 5.02 Å². The van der Waals surface area contributed by atoms with Gasteiger partial charge in [-0.2, -0.15) is 0 Å². The number of ether oxygens (including phenoxy) is 4. The highest BCUT2D eigenvalue weighted by Crippen LogP contribution is 2.43. The monoisotopic (exact) mass is 412 g/mol. The molecule has 152 valence electrons. The number of carbonyl (C=O) groups excluding carboxylic acids is 1. The first-order valence-corrected chi connectivity index (χ1v) is 9.29. The molecule has 2 saturated heterocycles. The normalized spacial score (nSPS) is 28.5. The van der Waals surface area contributed by atoms with Crippen LogP contribution in [0.4, 0.5) is 10.6 Å². The van der Waals surface area contributed by atoms with E-state index in [1.165, 1.54) is 12.4 Å². The number of nitrogens with one attached hydrogen (secondary N) is 1. The zero-order valence-corrected chi connectivity index (χ0v) is 16.3. The van der Waals surface area contributed by atoms with Crippen molar-refractivity contribution in [2.24, 2.45) is 0 Å². The van der Waals surface area contributed by atoms with Gasteiger partial charge in [0.25, 0.3) is 0 Å². The number of aromatic nitrogens is 3. The maximum absolute atomic E-state index is 11.7. The summed E-state index contributed by atoms with van der Waals surface area (Å²) in [5, 5.41) is 12.5. The molecule has 2 N–H and O–H groups in total. The van der Waals surface area contributed by atoms with Crippen molar-refractivity contribution in [3.05, 3.63) is 17.4 Å². The summed E-state index contributed by atoms with van der Waals surface area (Å²) in [7, 11) is 0. The van der Waals surface area contributed by atoms with E-state index in [0.717, 1.165) is 0 Å². The number of amides is 1. The van der Waals surface area contributed by atoms with Crippen LogP contribution in [-0.2, 0) is 18.9 Å². The fraction of sp³-hybridized carbons (Fsp3) is 0.588. The number of carbonyl (C=O) groups is 1. The molecule has 0 aromatic carbocycles. The zero-order chi connectivity index (χ0) is 20.1. The number of hydrogen-bond donors (Lipinski definition) is 2. The van der Waals surface area contributed by atoms with Crippen molar-refractivity contribution in [2.45, 2.75) is 51.1 Å². The van der Waals surface area contributed by atoms with Gasteiger partial charge in [-0.15, -0.1) is 0 Å². The van der Waals surface area contributed by atoms with Crippen LogP contribution in [-0.4, -0.2) is 63.0 Å². The molecule has 0 unspecified atom stereocenters. The van der Waals surface area contributed by atoms with Gasteiger partial charge in [0, 0.05) is 6.07 Å². The number of halogens is 1. The number of aliphatic hydroxyl groups is 1. The van der Waals surface area contributed by atoms with Crippen molar-refractivity contribution in [2.75, 3.05) is 18.5 Å². The molecule has 0 aliphatic carbocycles. The van der Waals surface area contributed by atoms with E-state index < -0.39 is 36.4 Å². The quantitative estimate of drug-likeness (QED) is 0.783. The van der Waals surface area contributed by atoms with E-state index in [-0.39, 0.29) is 19.0 Å². The number of rotatable bonds is 4. The van der Waals surface area contributed by atoms with Crippen molar-refractivity contribution in [1.82, 2.24) is 14.5 Å². The van der Waals surface area contributed by atoms with E-state index in [2.05, 4.69) is 15.3 Å². The molecule has 0 spiro atoms. The van der Waals surface area contributed by atoms with Gasteiger partial charge < -0.3 is 24.1 Å². The van der Waals surface area contributed by atoms with Crippen molar-refractivity contribution in [3.8, 4) is 0 Å². The van der Waals surface area contributed by atoms with E-state index in [1.54, 1.807) is 25.3 Å². The van der Waals surface area contributed by atoms with Gasteiger partial charge >= 0.3 is 6.09 Å². The summed E-state index contributed by atoms with van der Waals surface area (Å²) < 4.78 is 24.4. The Morgan fingerprint density at radius 3 is 2.89 bits per heavy atom. The van der Waals surface area contributed by atoms with Gasteiger partial charge in [0.2, 0.25) is 0 Å². The third-order valence-electron chi connectivity index (χ3n) is 4.57. The molecule has 11 heteroatoms. The average molecular weight is 413 g/mol. The third kappa shape index (κ3) is 3.31. The van der Waals surface area contributed by atoms with Crippen molar-refractivity contribution >= 4 is 34.7 Å². The number of fused-ring (bicyclic) bond motifs is 2. The highest BCUT2D eigenvalue weighted by molar-refractivity contribution is 6.35. The van der Waals surface area contributed by atoms with Gasteiger partial charge in [-0.25, -0.2) is 14.8 Å². The molecule has 2 fully saturated rings. The molecular weight excluding hydrogens is 392 g/mol. The van der Waals surface area contributed by atoms with Crippen LogP contribution < -0.4 is 5.32 Å². The van der Waals surface area contributed by atoms with Crippen LogP contribution >= 0.6 is 11.6 Å². The minimum atomic E-state index is -0.803. The summed E-state index contributed by atoms with van der Waals surface area (Å²) in [6.07, 6.45) is -1.18. The molecule has 4 atom stereocenters. The standard InChI is InChI=1S/C17H21ClN4O6/c1-4-25-16(24)21-10-5-8(18)11-14(20-10)22(7-19-11)15-13-12(9(6-23)26-15)27-17(2,3)28-13/h5,7,9,12-13,15,23H,4,6H2,1-3H3,(H,20,21,24)/t9-,12-,13-,15-/m1/s1. The molecule has 0 bridgehead atoms. The SMILES string of the molecule is CCOC(=O)Nc1cc(Cl)c2ncn([C@@H]3O[C@H](CO)[C@H]4OC(C)(C)O[C@H]43)c2n1. The predicted molar refractivity (Wildman–Crippen MR) is 98.0 cm³/mol. The molecular formula is C17H21ClN4O6. The van der Waals surface area contributed by atoms with Crippen LogP contribution in [0, 0.1) is 0 Å². The average Bonchev–Trinajstić information content (AvgIpc) is 3.25. The topological polar surface area (TPSA) is 117 Å². The highest BCUT2D eigenvalue weighted by Gasteiger charge is 2.56. The second-order valence-electron chi connectivity index (χ2n) is 6.97. The van der Waals surface area contributed by atoms with Crippen LogP contribution in [0.3, 0.4) is 0 Å². The van der Waals surface area contributed by atoms with Crippen LogP contribution in [0.15, 0.2) is 12.4 Å². The Hall–Kier alpha value is -1.98. The third-order valence-corrected chi connectivity index (χ3v) is 4.86. The summed E-state index contributed by atoms with van der Waals surface area (Å²) >= 11 is 6.31. The number of anilines is 1. The molecule has 28 heavy (non-hydrogen) atoms. The van der Waals surface area contributed by atoms with Gasteiger partial charge in [-0.05, 0) is 20.8 Å². The summed E-state index contributed by atoms with van der Waals surface area (Å²) in [5.41, 5.74) is 0.844. The number of hydrogen-bond acceptors (Lipinski definition) is 8. The minimum Gasteiger partial charge on any atom is -0.450 e. The lowest BCUT2D eigenvalue weighted by Crippen LogP contribution is -2.31. The molecule has 2 aromatic heterocycles. The maximum atomic E-state index is 11.7. The number of aliphatic hydroxyl groups excluding tert-OH is 1. The molecule has 0 saturated carbocycles. The number of pyridine rings is 1. The van der Waals surface area contributed by atoms with Crippen molar-refractivity contribution < 1.29 is 28.8 Å². The maximum Gasteiger partial charge on any atom is 0.412 e. The van der Waals surface area contributed by atoms with E-state index in [0.29, 0.717) is 16.2 Å². The second kappa shape index (κ2) is 7.12. The van der Waals surface area contributed by atoms with Gasteiger partial charge in [-0.3, -0.25) is 9.88 Å². The first-order valence-electron chi connectivity index (χ1n) is 8.91. The van der Waals surface area contributed by atoms with Gasteiger partial charge in [-0.1, -0.05) is 11.6 Å². The summed E-state index contributed by atoms with van der Waals surface area (Å²) in [5.74, 6) is -0.585. The van der Waals surface area contributed by atoms with Gasteiger partial charge in [0.15, 0.2) is 17.7 Å². The summed E-state index contributed by atoms with van der Waals surface area (Å²) in [4.78, 5) is 20.5.